The van der Waals surface area contributed by atoms with Crippen LogP contribution in [0, 0.1) is 5.92 Å². The highest BCUT2D eigenvalue weighted by Crippen LogP contribution is 2.21. The zero-order valence-electron chi connectivity index (χ0n) is 13.4. The molecule has 21 heavy (non-hydrogen) atoms. The second-order valence-electron chi connectivity index (χ2n) is 5.89. The molecule has 0 spiro atoms. The number of unbranched alkanes of at least 4 members (excludes halogenated alkanes) is 1. The Hall–Kier alpha value is -1.58. The van der Waals surface area contributed by atoms with Gasteiger partial charge in [0.25, 0.3) is 5.91 Å². The first-order valence-electron chi connectivity index (χ1n) is 8.18. The summed E-state index contributed by atoms with van der Waals surface area (Å²) < 4.78 is 0. The monoisotopic (exact) mass is 289 g/mol. The number of carbonyl (C=O) groups is 1. The maximum absolute atomic E-state index is 12.9. The third kappa shape index (κ3) is 3.74. The van der Waals surface area contributed by atoms with Crippen LogP contribution < -0.4 is 5.32 Å². The molecule has 0 aromatic carbocycles. The van der Waals surface area contributed by atoms with E-state index in [-0.39, 0.29) is 11.8 Å². The van der Waals surface area contributed by atoms with Crippen molar-refractivity contribution in [3.63, 3.8) is 0 Å². The van der Waals surface area contributed by atoms with Crippen LogP contribution in [0.3, 0.4) is 0 Å². The number of rotatable bonds is 5. The maximum Gasteiger partial charge on any atom is 0.274 e. The first-order chi connectivity index (χ1) is 10.2. The molecule has 0 bridgehead atoms. The zero-order valence-corrected chi connectivity index (χ0v) is 13.4. The first kappa shape index (κ1) is 15.8. The number of hydrogen-bond donors (Lipinski definition) is 1. The van der Waals surface area contributed by atoms with E-state index < -0.39 is 0 Å². The highest BCUT2D eigenvalue weighted by Gasteiger charge is 2.29. The highest BCUT2D eigenvalue weighted by molar-refractivity contribution is 5.96. The Bertz CT molecular complexity index is 465. The Kier molecular flexibility index (Phi) is 5.59. The molecule has 116 valence electrons. The fourth-order valence-corrected chi connectivity index (χ4v) is 2.87. The molecule has 2 unspecified atom stereocenters. The summed E-state index contributed by atoms with van der Waals surface area (Å²) in [5.41, 5.74) is 1.44. The standard InChI is InChI=1S/C17H27N3O/c1-4-6-7-14(5-2)20-11-10-18-15-9-8-13(3)12-19-16(15)17(20)21/h8-9,12-14,18H,4-7,10-11H2,1-3H3. The first-order valence-corrected chi connectivity index (χ1v) is 8.18. The van der Waals surface area contributed by atoms with Gasteiger partial charge in [0.1, 0.15) is 0 Å². The SMILES string of the molecule is CCCCC(CC)N1CCNC2=C(N=CC(C)C=C2)C1=O. The summed E-state index contributed by atoms with van der Waals surface area (Å²) in [6, 6.07) is 0.325. The predicted molar refractivity (Wildman–Crippen MR) is 87.1 cm³/mol. The van der Waals surface area contributed by atoms with Crippen LogP contribution in [-0.2, 0) is 4.79 Å². The second-order valence-corrected chi connectivity index (χ2v) is 5.89. The van der Waals surface area contributed by atoms with Crippen molar-refractivity contribution in [3.05, 3.63) is 23.5 Å². The van der Waals surface area contributed by atoms with Crippen LogP contribution in [0.4, 0.5) is 0 Å². The number of hydrogen-bond acceptors (Lipinski definition) is 3. The summed E-state index contributed by atoms with van der Waals surface area (Å²) in [5.74, 6) is 0.343. The molecule has 0 aromatic heterocycles. The van der Waals surface area contributed by atoms with Crippen LogP contribution in [-0.4, -0.2) is 36.2 Å². The van der Waals surface area contributed by atoms with Crippen molar-refractivity contribution in [2.75, 3.05) is 13.1 Å². The third-order valence-corrected chi connectivity index (χ3v) is 4.19. The van der Waals surface area contributed by atoms with Crippen molar-refractivity contribution in [3.8, 4) is 0 Å². The number of nitrogens with zero attached hydrogens (tertiary/aromatic N) is 2. The van der Waals surface area contributed by atoms with Crippen LogP contribution in [0.15, 0.2) is 28.5 Å². The van der Waals surface area contributed by atoms with Crippen LogP contribution >= 0.6 is 0 Å². The van der Waals surface area contributed by atoms with Crippen molar-refractivity contribution in [1.82, 2.24) is 10.2 Å². The van der Waals surface area contributed by atoms with Gasteiger partial charge < -0.3 is 10.2 Å². The van der Waals surface area contributed by atoms with Gasteiger partial charge in [0, 0.05) is 31.3 Å². The minimum Gasteiger partial charge on any atom is -0.381 e. The molecule has 2 heterocycles. The number of aliphatic imine (C=N–C) groups is 1. The quantitative estimate of drug-likeness (QED) is 0.846. The topological polar surface area (TPSA) is 44.7 Å². The Morgan fingerprint density at radius 3 is 3.00 bits per heavy atom. The van der Waals surface area contributed by atoms with Gasteiger partial charge in [-0.2, -0.15) is 0 Å². The van der Waals surface area contributed by atoms with Gasteiger partial charge in [-0.05, 0) is 18.9 Å². The average Bonchev–Trinajstić information content (AvgIpc) is 2.75. The van der Waals surface area contributed by atoms with Crippen molar-refractivity contribution in [2.45, 2.75) is 52.5 Å². The lowest BCUT2D eigenvalue weighted by Gasteiger charge is -2.30. The summed E-state index contributed by atoms with van der Waals surface area (Å²) in [6.07, 6.45) is 10.4. The Morgan fingerprint density at radius 2 is 2.29 bits per heavy atom. The maximum atomic E-state index is 12.9. The van der Waals surface area contributed by atoms with Crippen molar-refractivity contribution in [2.24, 2.45) is 10.9 Å². The van der Waals surface area contributed by atoms with Crippen molar-refractivity contribution < 1.29 is 4.79 Å². The molecular weight excluding hydrogens is 262 g/mol. The van der Waals surface area contributed by atoms with E-state index in [1.807, 2.05) is 17.2 Å². The molecule has 1 amide bonds. The molecule has 2 rings (SSSR count). The molecule has 1 N–H and O–H groups in total. The van der Waals surface area contributed by atoms with E-state index in [9.17, 15) is 4.79 Å². The van der Waals surface area contributed by atoms with Gasteiger partial charge in [0.05, 0.1) is 5.70 Å². The summed E-state index contributed by atoms with van der Waals surface area (Å²) >= 11 is 0. The van der Waals surface area contributed by atoms with E-state index in [0.717, 1.165) is 31.6 Å². The molecule has 0 saturated carbocycles. The van der Waals surface area contributed by atoms with Gasteiger partial charge in [-0.3, -0.25) is 9.79 Å². The summed E-state index contributed by atoms with van der Waals surface area (Å²) in [5, 5.41) is 3.36. The van der Waals surface area contributed by atoms with Crippen LogP contribution in [0.2, 0.25) is 0 Å². The molecule has 0 aromatic rings. The van der Waals surface area contributed by atoms with Gasteiger partial charge in [-0.1, -0.05) is 39.7 Å². The summed E-state index contributed by atoms with van der Waals surface area (Å²) in [4.78, 5) is 19.4. The smallest absolute Gasteiger partial charge is 0.274 e. The molecule has 4 nitrogen and oxygen atoms in total. The van der Waals surface area contributed by atoms with E-state index in [1.165, 1.54) is 12.8 Å². The molecule has 0 saturated heterocycles. The Balaban J connectivity index is 2.23. The average molecular weight is 289 g/mol. The van der Waals surface area contributed by atoms with Crippen molar-refractivity contribution in [1.29, 1.82) is 0 Å². The highest BCUT2D eigenvalue weighted by atomic mass is 16.2. The lowest BCUT2D eigenvalue weighted by molar-refractivity contribution is -0.129. The molecule has 0 aliphatic carbocycles. The van der Waals surface area contributed by atoms with E-state index in [4.69, 9.17) is 0 Å². The van der Waals surface area contributed by atoms with Gasteiger partial charge in [-0.25, -0.2) is 0 Å². The normalized spacial score (nSPS) is 23.5. The van der Waals surface area contributed by atoms with Crippen molar-refractivity contribution >= 4 is 12.1 Å². The molecule has 0 fully saturated rings. The largest absolute Gasteiger partial charge is 0.381 e. The van der Waals surface area contributed by atoms with Gasteiger partial charge in [-0.15, -0.1) is 0 Å². The van der Waals surface area contributed by atoms with Gasteiger partial charge in [0.15, 0.2) is 5.70 Å². The summed E-state index contributed by atoms with van der Waals surface area (Å²) in [6.45, 7) is 7.99. The second kappa shape index (κ2) is 7.43. The number of nitrogens with one attached hydrogen (secondary N) is 1. The molecule has 0 radical (unpaired) electrons. The minimum atomic E-state index is 0.0768. The van der Waals surface area contributed by atoms with E-state index >= 15 is 0 Å². The fraction of sp³-hybridized carbons (Fsp3) is 0.647. The molecule has 2 aliphatic heterocycles. The van der Waals surface area contributed by atoms with Gasteiger partial charge in [0.2, 0.25) is 0 Å². The third-order valence-electron chi connectivity index (χ3n) is 4.19. The molecule has 2 atom stereocenters. The van der Waals surface area contributed by atoms with Crippen LogP contribution in [0.25, 0.3) is 0 Å². The number of carbonyl (C=O) groups excluding carboxylic acids is 1. The molecule has 4 heteroatoms. The Labute approximate surface area is 128 Å². The van der Waals surface area contributed by atoms with Crippen LogP contribution in [0.5, 0.6) is 0 Å². The molecule has 2 aliphatic rings. The Morgan fingerprint density at radius 1 is 1.48 bits per heavy atom. The molecular formula is C17H27N3O. The van der Waals surface area contributed by atoms with Gasteiger partial charge >= 0.3 is 0 Å². The minimum absolute atomic E-state index is 0.0768. The number of amides is 1. The van der Waals surface area contributed by atoms with Crippen LogP contribution in [0.1, 0.15) is 46.5 Å². The van der Waals surface area contributed by atoms with E-state index in [0.29, 0.717) is 11.7 Å². The lowest BCUT2D eigenvalue weighted by atomic mass is 10.1. The number of allylic oxidation sites excluding steroid dienone is 2. The zero-order chi connectivity index (χ0) is 15.2. The fourth-order valence-electron chi connectivity index (χ4n) is 2.87. The summed E-state index contributed by atoms with van der Waals surface area (Å²) in [7, 11) is 0. The van der Waals surface area contributed by atoms with E-state index in [1.54, 1.807) is 0 Å². The van der Waals surface area contributed by atoms with E-state index in [2.05, 4.69) is 37.2 Å². The lowest BCUT2D eigenvalue weighted by Crippen LogP contribution is -2.42. The predicted octanol–water partition coefficient (Wildman–Crippen LogP) is 2.88.